The number of hydrogen-bond acceptors (Lipinski definition) is 5. The predicted molar refractivity (Wildman–Crippen MR) is 136 cm³/mol. The highest BCUT2D eigenvalue weighted by atomic mass is 32.1. The number of thiazole rings is 1. The molecule has 1 amide bonds. The highest BCUT2D eigenvalue weighted by Gasteiger charge is 2.25. The smallest absolute Gasteiger partial charge is 0.253 e. The van der Waals surface area contributed by atoms with Crippen molar-refractivity contribution in [1.29, 1.82) is 0 Å². The first kappa shape index (κ1) is 23.2. The van der Waals surface area contributed by atoms with Gasteiger partial charge >= 0.3 is 0 Å². The molecule has 0 spiro atoms. The first-order valence-electron chi connectivity index (χ1n) is 12.6. The van der Waals surface area contributed by atoms with E-state index in [1.165, 1.54) is 32.1 Å². The first-order valence-corrected chi connectivity index (χ1v) is 13.5. The Balaban J connectivity index is 1.42. The van der Waals surface area contributed by atoms with Crippen LogP contribution in [0.5, 0.6) is 0 Å². The van der Waals surface area contributed by atoms with Crippen LogP contribution in [0.15, 0.2) is 29.8 Å². The number of nitrogens with zero attached hydrogens (tertiary/aromatic N) is 3. The molecule has 2 fully saturated rings. The maximum absolute atomic E-state index is 13.2. The molecule has 3 aromatic heterocycles. The van der Waals surface area contributed by atoms with Crippen molar-refractivity contribution in [2.24, 2.45) is 5.92 Å². The number of amides is 1. The molecule has 0 radical (unpaired) electrons. The molecule has 2 aliphatic rings. The molecule has 1 saturated heterocycles. The zero-order chi connectivity index (χ0) is 23.5. The Morgan fingerprint density at radius 2 is 2.03 bits per heavy atom. The third-order valence-corrected chi connectivity index (χ3v) is 8.11. The van der Waals surface area contributed by atoms with Gasteiger partial charge in [0.15, 0.2) is 0 Å². The Bertz CT molecular complexity index is 1120. The van der Waals surface area contributed by atoms with Crippen LogP contribution >= 0.6 is 11.3 Å². The highest BCUT2D eigenvalue weighted by Crippen LogP contribution is 2.32. The van der Waals surface area contributed by atoms with E-state index in [2.05, 4.69) is 26.3 Å². The number of ether oxygens (including phenoxy) is 1. The Kier molecular flexibility index (Phi) is 7.11. The summed E-state index contributed by atoms with van der Waals surface area (Å²) in [6, 6.07) is 6.09. The lowest BCUT2D eigenvalue weighted by atomic mass is 9.89. The van der Waals surface area contributed by atoms with Crippen LogP contribution in [-0.4, -0.2) is 39.7 Å². The molecule has 1 saturated carbocycles. The van der Waals surface area contributed by atoms with Crippen molar-refractivity contribution >= 4 is 17.2 Å². The van der Waals surface area contributed by atoms with E-state index in [9.17, 15) is 4.79 Å². The monoisotopic (exact) mass is 478 g/mol. The van der Waals surface area contributed by atoms with Crippen LogP contribution in [0.1, 0.15) is 66.7 Å². The summed E-state index contributed by atoms with van der Waals surface area (Å²) in [5, 5.41) is 6.24. The van der Waals surface area contributed by atoms with Crippen molar-refractivity contribution in [3.8, 4) is 22.0 Å². The van der Waals surface area contributed by atoms with Crippen molar-refractivity contribution < 1.29 is 9.53 Å². The minimum Gasteiger partial charge on any atom is -0.376 e. The molecule has 1 atom stereocenters. The van der Waals surface area contributed by atoms with E-state index in [4.69, 9.17) is 9.72 Å². The van der Waals surface area contributed by atoms with Gasteiger partial charge in [0, 0.05) is 48.2 Å². The lowest BCUT2D eigenvalue weighted by Crippen LogP contribution is -2.30. The first-order chi connectivity index (χ1) is 16.6. The van der Waals surface area contributed by atoms with E-state index < -0.39 is 0 Å². The number of pyridine rings is 1. The van der Waals surface area contributed by atoms with Crippen molar-refractivity contribution in [3.05, 3.63) is 46.7 Å². The lowest BCUT2D eigenvalue weighted by molar-refractivity contribution is 0.0933. The highest BCUT2D eigenvalue weighted by molar-refractivity contribution is 7.13. The van der Waals surface area contributed by atoms with E-state index in [0.717, 1.165) is 71.4 Å². The van der Waals surface area contributed by atoms with E-state index in [-0.39, 0.29) is 12.0 Å². The zero-order valence-electron chi connectivity index (χ0n) is 20.2. The summed E-state index contributed by atoms with van der Waals surface area (Å²) in [5.74, 6) is 0.629. The standard InChI is InChI=1S/C27H34N4O2S/c1-18-10-11-21(15-28-18)27-30-24(17-34-27)25-13-23(19(2)31(25)16-22-9-6-12-33-22)26(32)29-14-20-7-4-3-5-8-20/h10-11,13,15,17,20,22H,3-9,12,14,16H2,1-2H3,(H,29,32). The number of carbonyl (C=O) groups excluding carboxylic acids is 1. The van der Waals surface area contributed by atoms with Crippen molar-refractivity contribution in [3.63, 3.8) is 0 Å². The van der Waals surface area contributed by atoms with Gasteiger partial charge in [-0.25, -0.2) is 4.98 Å². The van der Waals surface area contributed by atoms with Gasteiger partial charge in [-0.05, 0) is 63.6 Å². The maximum atomic E-state index is 13.2. The minimum absolute atomic E-state index is 0.0219. The van der Waals surface area contributed by atoms with Gasteiger partial charge in [-0.3, -0.25) is 9.78 Å². The van der Waals surface area contributed by atoms with Crippen LogP contribution in [0.4, 0.5) is 0 Å². The molecule has 0 bridgehead atoms. The summed E-state index contributed by atoms with van der Waals surface area (Å²) in [6.07, 6.45) is 10.5. The number of aromatic nitrogens is 3. The molecule has 1 unspecified atom stereocenters. The molecule has 4 heterocycles. The number of rotatable bonds is 7. The molecular formula is C27H34N4O2S. The fourth-order valence-corrected chi connectivity index (χ4v) is 5.96. The lowest BCUT2D eigenvalue weighted by Gasteiger charge is -2.21. The number of carbonyl (C=O) groups is 1. The molecule has 1 N–H and O–H groups in total. The largest absolute Gasteiger partial charge is 0.376 e. The molecule has 3 aromatic rings. The molecule has 5 rings (SSSR count). The molecule has 1 aliphatic heterocycles. The van der Waals surface area contributed by atoms with Gasteiger partial charge in [0.25, 0.3) is 5.91 Å². The molecule has 34 heavy (non-hydrogen) atoms. The summed E-state index contributed by atoms with van der Waals surface area (Å²) >= 11 is 1.61. The van der Waals surface area contributed by atoms with E-state index >= 15 is 0 Å². The van der Waals surface area contributed by atoms with Crippen LogP contribution in [0.2, 0.25) is 0 Å². The normalized spacial score (nSPS) is 18.9. The Hall–Kier alpha value is -2.51. The summed E-state index contributed by atoms with van der Waals surface area (Å²) in [5.41, 5.74) is 5.62. The molecule has 7 heteroatoms. The van der Waals surface area contributed by atoms with Crippen LogP contribution in [0.25, 0.3) is 22.0 Å². The molecule has 1 aliphatic carbocycles. The molecule has 6 nitrogen and oxygen atoms in total. The summed E-state index contributed by atoms with van der Waals surface area (Å²) in [4.78, 5) is 22.6. The molecule has 0 aromatic carbocycles. The fourth-order valence-electron chi connectivity index (χ4n) is 5.16. The third kappa shape index (κ3) is 5.10. The quantitative estimate of drug-likeness (QED) is 0.467. The van der Waals surface area contributed by atoms with Gasteiger partial charge in [-0.2, -0.15) is 0 Å². The van der Waals surface area contributed by atoms with Crippen LogP contribution in [-0.2, 0) is 11.3 Å². The average molecular weight is 479 g/mol. The maximum Gasteiger partial charge on any atom is 0.253 e. The van der Waals surface area contributed by atoms with Gasteiger partial charge in [-0.1, -0.05) is 19.3 Å². The van der Waals surface area contributed by atoms with Crippen LogP contribution < -0.4 is 5.32 Å². The van der Waals surface area contributed by atoms with Crippen molar-refractivity contribution in [2.75, 3.05) is 13.2 Å². The SMILES string of the molecule is Cc1ccc(-c2nc(-c3cc(C(=O)NCC4CCCCC4)c(C)n3CC3CCCO3)cs2)cn1. The summed E-state index contributed by atoms with van der Waals surface area (Å²) in [6.45, 7) is 6.36. The fraction of sp³-hybridized carbons (Fsp3) is 0.519. The van der Waals surface area contributed by atoms with Crippen LogP contribution in [0.3, 0.4) is 0 Å². The van der Waals surface area contributed by atoms with Crippen molar-refractivity contribution in [2.45, 2.75) is 71.4 Å². The van der Waals surface area contributed by atoms with E-state index in [1.807, 2.05) is 32.2 Å². The summed E-state index contributed by atoms with van der Waals surface area (Å²) < 4.78 is 8.17. The van der Waals surface area contributed by atoms with Gasteiger partial charge in [-0.15, -0.1) is 11.3 Å². The Labute approximate surface area is 205 Å². The third-order valence-electron chi connectivity index (χ3n) is 7.22. The average Bonchev–Trinajstić information content (AvgIpc) is 3.61. The number of aryl methyl sites for hydroxylation is 1. The van der Waals surface area contributed by atoms with Gasteiger partial charge in [0.2, 0.25) is 0 Å². The minimum atomic E-state index is 0.0219. The molecular weight excluding hydrogens is 444 g/mol. The molecule has 180 valence electrons. The van der Waals surface area contributed by atoms with Gasteiger partial charge in [0.1, 0.15) is 5.01 Å². The number of hydrogen-bond donors (Lipinski definition) is 1. The second kappa shape index (κ2) is 10.4. The van der Waals surface area contributed by atoms with Crippen molar-refractivity contribution in [1.82, 2.24) is 19.9 Å². The van der Waals surface area contributed by atoms with E-state index in [1.54, 1.807) is 11.3 Å². The van der Waals surface area contributed by atoms with Gasteiger partial charge in [0.05, 0.1) is 23.1 Å². The Morgan fingerprint density at radius 3 is 2.76 bits per heavy atom. The second-order valence-corrected chi connectivity index (χ2v) is 10.6. The predicted octanol–water partition coefficient (Wildman–Crippen LogP) is 5.78. The zero-order valence-corrected chi connectivity index (χ0v) is 21.0. The number of nitrogens with one attached hydrogen (secondary N) is 1. The second-order valence-electron chi connectivity index (χ2n) is 9.71. The topological polar surface area (TPSA) is 69.0 Å². The van der Waals surface area contributed by atoms with E-state index in [0.29, 0.717) is 5.92 Å². The Morgan fingerprint density at radius 1 is 1.18 bits per heavy atom. The van der Waals surface area contributed by atoms with Crippen LogP contribution in [0, 0.1) is 19.8 Å². The van der Waals surface area contributed by atoms with Gasteiger partial charge < -0.3 is 14.6 Å². The summed E-state index contributed by atoms with van der Waals surface area (Å²) in [7, 11) is 0.